The van der Waals surface area contributed by atoms with Gasteiger partial charge in [-0.3, -0.25) is 34.8 Å². The van der Waals surface area contributed by atoms with E-state index in [1.54, 1.807) is 60.6 Å². The van der Waals surface area contributed by atoms with Crippen molar-refractivity contribution in [1.82, 2.24) is 20.4 Å². The lowest BCUT2D eigenvalue weighted by Gasteiger charge is -2.31. The van der Waals surface area contributed by atoms with Gasteiger partial charge in [0.05, 0.1) is 80.6 Å². The molecule has 19 heteroatoms. The van der Waals surface area contributed by atoms with E-state index in [0.717, 1.165) is 28.9 Å². The average Bonchev–Trinajstić information content (AvgIpc) is 3.88. The molecule has 19 nitrogen and oxygen atoms in total. The number of anilines is 2. The molecule has 0 saturated heterocycles. The average molecular weight is 965 g/mol. The molecular weight excluding hydrogens is 901 g/mol. The molecule has 7 rings (SSSR count). The van der Waals surface area contributed by atoms with Crippen LogP contribution < -0.4 is 45.5 Å². The van der Waals surface area contributed by atoms with E-state index < -0.39 is 42.3 Å². The molecule has 4 heterocycles. The predicted octanol–water partition coefficient (Wildman–Crippen LogP) is 5.78. The van der Waals surface area contributed by atoms with Gasteiger partial charge in [-0.25, -0.2) is 9.69 Å². The number of nitrogens with zero attached hydrogens (tertiary/aromatic N) is 4. The third kappa shape index (κ3) is 11.5. The number of rotatable bonds is 22. The van der Waals surface area contributed by atoms with E-state index in [4.69, 9.17) is 29.4 Å². The van der Waals surface area contributed by atoms with Crippen LogP contribution in [0.5, 0.6) is 23.0 Å². The van der Waals surface area contributed by atoms with Crippen molar-refractivity contribution < 1.29 is 52.8 Å². The van der Waals surface area contributed by atoms with Crippen molar-refractivity contribution >= 4 is 52.9 Å². The monoisotopic (exact) mass is 964 g/mol. The normalized spacial score (nSPS) is 18.9. The van der Waals surface area contributed by atoms with Crippen molar-refractivity contribution in [3.63, 3.8) is 0 Å². The number of nitrogens with two attached hydrogens (primary N) is 1. The molecule has 3 aromatic rings. The van der Waals surface area contributed by atoms with E-state index in [-0.39, 0.29) is 72.8 Å². The fraction of sp³-hybridized carbons (Fsp3) is 0.451. The molecule has 0 fully saturated rings. The fourth-order valence-electron chi connectivity index (χ4n) is 8.80. The minimum atomic E-state index is -1.46. The number of carbonyl (C=O) groups is 5. The zero-order valence-electron chi connectivity index (χ0n) is 40.8. The minimum absolute atomic E-state index is 0.000506. The number of benzene rings is 3. The number of aliphatic imine (C=N–C) groups is 1. The lowest BCUT2D eigenvalue weighted by atomic mass is 10.0. The van der Waals surface area contributed by atoms with Crippen molar-refractivity contribution in [1.29, 1.82) is 0 Å². The molecule has 4 amide bonds. The maximum absolute atomic E-state index is 14.1. The Bertz CT molecular complexity index is 2540. The number of Topliss-reactive ketones (excluding diaryl/α,β-unsaturated/α-hetero) is 1. The van der Waals surface area contributed by atoms with Crippen LogP contribution in [0.25, 0.3) is 0 Å². The summed E-state index contributed by atoms with van der Waals surface area (Å²) < 4.78 is 29.4. The molecule has 4 aliphatic heterocycles. The second kappa shape index (κ2) is 22.6. The topological polar surface area (TPSA) is 236 Å². The number of carbonyl (C=O) groups excluding carboxylic acids is 5. The molecule has 0 radical (unpaired) electrons. The van der Waals surface area contributed by atoms with Gasteiger partial charge in [0.25, 0.3) is 11.8 Å². The van der Waals surface area contributed by atoms with E-state index in [9.17, 15) is 29.1 Å². The van der Waals surface area contributed by atoms with Gasteiger partial charge in [0.1, 0.15) is 6.61 Å². The first-order valence-corrected chi connectivity index (χ1v) is 23.6. The number of methoxy groups -OCH3 is 2. The number of hydrogen-bond donors (Lipinski definition) is 5. The summed E-state index contributed by atoms with van der Waals surface area (Å²) in [6, 6.07) is 11.6. The number of unbranched alkanes of at least 4 members (excludes halogenated alkanes) is 2. The number of primary amides is 1. The Balaban J connectivity index is 0.945. The molecule has 374 valence electrons. The molecule has 0 bridgehead atoms. The number of aliphatic hydroxyl groups excluding tert-OH is 1. The molecule has 0 aliphatic carbocycles. The number of amides is 4. The van der Waals surface area contributed by atoms with Gasteiger partial charge >= 0.3 is 6.09 Å². The van der Waals surface area contributed by atoms with E-state index in [1.165, 1.54) is 31.3 Å². The van der Waals surface area contributed by atoms with Crippen LogP contribution in [0.3, 0.4) is 0 Å². The standard InChI is InChI=1S/C51H64N8O11/c1-29(2)46(47(52)61)56-28-55-32(5)41(60)24-53-34-13-11-33(12-14-34)27-70-51(65)59-39-22-45(43(67-7)20-37(39)49(63)58-26-31(4)18-40(58)50(59)64)69-16-10-8-9-15-68-44-21-38-36(19-42(44)66-6)48(62)57-25-30(3)17-35(57)23-54-38/h11-14,19-23,25-26,29,32,35,40,46,50,53,55-56,64H,8-10,15-18,24,27-28H2,1-7H3,(H2,52,61)/t32-,35-,40-,46-,50-/m0/s1. The highest BCUT2D eigenvalue weighted by Crippen LogP contribution is 2.43. The summed E-state index contributed by atoms with van der Waals surface area (Å²) in [7, 11) is 2.99. The van der Waals surface area contributed by atoms with Crippen LogP contribution in [0.15, 0.2) is 77.1 Å². The summed E-state index contributed by atoms with van der Waals surface area (Å²) in [5.74, 6) is 0.363. The number of ether oxygens (including phenoxy) is 5. The molecule has 70 heavy (non-hydrogen) atoms. The Hall–Kier alpha value is -6.96. The second-order valence-corrected chi connectivity index (χ2v) is 18.3. The zero-order valence-corrected chi connectivity index (χ0v) is 40.8. The molecule has 4 aliphatic rings. The lowest BCUT2D eigenvalue weighted by molar-refractivity contribution is -0.121. The van der Waals surface area contributed by atoms with Gasteiger partial charge in [-0.15, -0.1) is 0 Å². The van der Waals surface area contributed by atoms with Crippen molar-refractivity contribution in [3.8, 4) is 23.0 Å². The molecule has 0 unspecified atom stereocenters. The van der Waals surface area contributed by atoms with Crippen molar-refractivity contribution in [2.75, 3.05) is 50.9 Å². The smallest absolute Gasteiger partial charge is 0.416 e. The third-order valence-electron chi connectivity index (χ3n) is 12.7. The minimum Gasteiger partial charge on any atom is -0.493 e. The van der Waals surface area contributed by atoms with Gasteiger partial charge in [0, 0.05) is 43.1 Å². The fourth-order valence-corrected chi connectivity index (χ4v) is 8.80. The predicted molar refractivity (Wildman–Crippen MR) is 263 cm³/mol. The second-order valence-electron chi connectivity index (χ2n) is 18.3. The largest absolute Gasteiger partial charge is 0.493 e. The quantitative estimate of drug-likeness (QED) is 0.0594. The van der Waals surface area contributed by atoms with Crippen LogP contribution in [0, 0.1) is 5.92 Å². The Morgan fingerprint density at radius 3 is 2.10 bits per heavy atom. The van der Waals surface area contributed by atoms with Gasteiger partial charge < -0.3 is 49.6 Å². The third-order valence-corrected chi connectivity index (χ3v) is 12.7. The Kier molecular flexibility index (Phi) is 16.5. The summed E-state index contributed by atoms with van der Waals surface area (Å²) in [5, 5.41) is 21.0. The number of ketones is 1. The number of hydrogen-bond acceptors (Lipinski definition) is 15. The lowest BCUT2D eigenvalue weighted by Crippen LogP contribution is -2.51. The molecule has 0 saturated carbocycles. The number of aliphatic hydroxyl groups is 1. The van der Waals surface area contributed by atoms with Gasteiger partial charge in [-0.1, -0.05) is 37.1 Å². The Labute approximate surface area is 408 Å². The summed E-state index contributed by atoms with van der Waals surface area (Å²) in [6.07, 6.45) is 6.11. The van der Waals surface area contributed by atoms with Gasteiger partial charge in [-0.05, 0) is 88.6 Å². The molecule has 0 aromatic heterocycles. The number of fused-ring (bicyclic) bond motifs is 4. The molecule has 3 aromatic carbocycles. The van der Waals surface area contributed by atoms with Crippen molar-refractivity contribution in [2.45, 2.75) is 104 Å². The van der Waals surface area contributed by atoms with E-state index in [2.05, 4.69) is 20.9 Å². The summed E-state index contributed by atoms with van der Waals surface area (Å²) >= 11 is 0. The van der Waals surface area contributed by atoms with Gasteiger partial charge in [0.2, 0.25) is 5.91 Å². The maximum Gasteiger partial charge on any atom is 0.416 e. The van der Waals surface area contributed by atoms with E-state index in [1.807, 2.05) is 33.9 Å². The maximum atomic E-state index is 14.1. The molecule has 0 spiro atoms. The van der Waals surface area contributed by atoms with Crippen LogP contribution in [0.4, 0.5) is 21.9 Å². The first-order valence-electron chi connectivity index (χ1n) is 23.6. The number of nitrogens with one attached hydrogen (secondary N) is 3. The summed E-state index contributed by atoms with van der Waals surface area (Å²) in [5.41, 5.74) is 9.95. The first-order chi connectivity index (χ1) is 33.6. The van der Waals surface area contributed by atoms with E-state index in [0.29, 0.717) is 59.9 Å². The molecular formula is C51H64N8O11. The van der Waals surface area contributed by atoms with Crippen molar-refractivity contribution in [3.05, 3.63) is 88.8 Å². The van der Waals surface area contributed by atoms with Gasteiger partial charge in [0.15, 0.2) is 35.0 Å². The SMILES string of the molecule is COc1cc2c(cc1OCCCCCOc1cc3c(cc1OC)C(=O)N1C=C(C)C[C@H]1[C@H](O)N3C(=O)OCc1ccc(NCC(=O)[C@H](C)NCN[C@H](C(N)=O)C(C)C)cc1)N=C[C@@H]1CC(C)=CN1C2=O. The van der Waals surface area contributed by atoms with Crippen LogP contribution in [-0.4, -0.2) is 122 Å². The first kappa shape index (κ1) is 50.9. The van der Waals surface area contributed by atoms with Crippen LogP contribution in [0.2, 0.25) is 0 Å². The Morgan fingerprint density at radius 2 is 1.44 bits per heavy atom. The van der Waals surface area contributed by atoms with Crippen LogP contribution in [-0.2, 0) is 20.9 Å². The highest BCUT2D eigenvalue weighted by Gasteiger charge is 2.45. The summed E-state index contributed by atoms with van der Waals surface area (Å²) in [4.78, 5) is 74.8. The van der Waals surface area contributed by atoms with Crippen molar-refractivity contribution in [2.24, 2.45) is 16.6 Å². The van der Waals surface area contributed by atoms with Crippen LogP contribution >= 0.6 is 0 Å². The Morgan fingerprint density at radius 1 is 0.814 bits per heavy atom. The van der Waals surface area contributed by atoms with Crippen LogP contribution in [0.1, 0.15) is 93.0 Å². The van der Waals surface area contributed by atoms with E-state index >= 15 is 0 Å². The summed E-state index contributed by atoms with van der Waals surface area (Å²) in [6.45, 7) is 10.1. The highest BCUT2D eigenvalue weighted by atomic mass is 16.6. The molecule has 6 N–H and O–H groups in total. The zero-order chi connectivity index (χ0) is 50.2. The highest BCUT2D eigenvalue weighted by molar-refractivity contribution is 6.07. The van der Waals surface area contributed by atoms with Gasteiger partial charge in [-0.2, -0.15) is 0 Å². The molecule has 5 atom stereocenters.